The zero-order valence-electron chi connectivity index (χ0n) is 11.8. The van der Waals surface area contributed by atoms with E-state index in [0.29, 0.717) is 13.1 Å². The number of amides is 2. The summed E-state index contributed by atoms with van der Waals surface area (Å²) in [5.74, 6) is -0.999. The Hall–Kier alpha value is -1.47. The molecule has 0 radical (unpaired) electrons. The molecule has 0 aromatic carbocycles. The van der Waals surface area contributed by atoms with Gasteiger partial charge >= 0.3 is 11.8 Å². The van der Waals surface area contributed by atoms with Gasteiger partial charge in [0.1, 0.15) is 5.01 Å². The van der Waals surface area contributed by atoms with Crippen LogP contribution in [0.15, 0.2) is 6.20 Å². The Labute approximate surface area is 122 Å². The summed E-state index contributed by atoms with van der Waals surface area (Å²) in [7, 11) is 0. The highest BCUT2D eigenvalue weighted by Gasteiger charge is 2.24. The number of carbonyl (C=O) groups excluding carboxylic acids is 2. The first-order valence-corrected chi connectivity index (χ1v) is 7.62. The summed E-state index contributed by atoms with van der Waals surface area (Å²) in [6.45, 7) is 6.64. The van der Waals surface area contributed by atoms with Gasteiger partial charge in [0.15, 0.2) is 0 Å². The number of nitrogens with one attached hydrogen (secondary N) is 2. The molecule has 2 heterocycles. The van der Waals surface area contributed by atoms with Crippen LogP contribution in [-0.4, -0.2) is 47.9 Å². The van der Waals surface area contributed by atoms with Crippen LogP contribution in [-0.2, 0) is 9.59 Å². The third kappa shape index (κ3) is 3.77. The van der Waals surface area contributed by atoms with Crippen LogP contribution in [0.2, 0.25) is 0 Å². The molecule has 1 aromatic rings. The van der Waals surface area contributed by atoms with Gasteiger partial charge < -0.3 is 15.5 Å². The zero-order chi connectivity index (χ0) is 14.5. The number of hydrogen-bond acceptors (Lipinski definition) is 5. The topological polar surface area (TPSA) is 74.3 Å². The molecule has 110 valence electrons. The smallest absolute Gasteiger partial charge is 0.311 e. The molecule has 0 spiro atoms. The summed E-state index contributed by atoms with van der Waals surface area (Å²) >= 11 is 1.53. The number of carbonyl (C=O) groups is 2. The van der Waals surface area contributed by atoms with Gasteiger partial charge in [-0.2, -0.15) is 0 Å². The third-order valence-electron chi connectivity index (χ3n) is 3.18. The van der Waals surface area contributed by atoms with E-state index in [4.69, 9.17) is 0 Å². The molecule has 2 amide bonds. The quantitative estimate of drug-likeness (QED) is 0.777. The van der Waals surface area contributed by atoms with Gasteiger partial charge in [-0.15, -0.1) is 11.3 Å². The largest absolute Gasteiger partial charge is 0.339 e. The molecule has 1 atom stereocenters. The number of thiazole rings is 1. The highest BCUT2D eigenvalue weighted by molar-refractivity contribution is 7.11. The summed E-state index contributed by atoms with van der Waals surface area (Å²) in [5.41, 5.74) is 0. The average molecular weight is 296 g/mol. The normalized spacial score (nSPS) is 17.4. The fourth-order valence-electron chi connectivity index (χ4n) is 2.08. The van der Waals surface area contributed by atoms with Gasteiger partial charge in [0.25, 0.3) is 0 Å². The van der Waals surface area contributed by atoms with Crippen LogP contribution in [0.1, 0.15) is 29.3 Å². The van der Waals surface area contributed by atoms with E-state index in [1.54, 1.807) is 11.1 Å². The number of aromatic nitrogens is 1. The highest BCUT2D eigenvalue weighted by Crippen LogP contribution is 2.18. The van der Waals surface area contributed by atoms with Gasteiger partial charge in [-0.05, 0) is 26.8 Å². The molecule has 2 rings (SSSR count). The second-order valence-corrected chi connectivity index (χ2v) is 6.17. The van der Waals surface area contributed by atoms with Crippen molar-refractivity contribution < 1.29 is 9.59 Å². The van der Waals surface area contributed by atoms with E-state index in [1.165, 1.54) is 11.3 Å². The molecule has 0 bridgehead atoms. The molecule has 7 heteroatoms. The molecule has 1 unspecified atom stereocenters. The van der Waals surface area contributed by atoms with Crippen LogP contribution in [0.3, 0.4) is 0 Å². The number of aryl methyl sites for hydroxylation is 1. The third-order valence-corrected chi connectivity index (χ3v) is 4.27. The summed E-state index contributed by atoms with van der Waals surface area (Å²) in [4.78, 5) is 31.0. The van der Waals surface area contributed by atoms with Gasteiger partial charge in [0.2, 0.25) is 0 Å². The Morgan fingerprint density at radius 3 is 2.95 bits per heavy atom. The standard InChI is InChI=1S/C13H20N4O2S/c1-9-8-15-12(20-9)10(2)16-11(18)13(19)17-6-3-4-14-5-7-17/h8,10,14H,3-7H2,1-2H3,(H,16,18). The minimum absolute atomic E-state index is 0.241. The van der Waals surface area contributed by atoms with Crippen LogP contribution in [0.5, 0.6) is 0 Å². The van der Waals surface area contributed by atoms with Crippen molar-refractivity contribution in [3.63, 3.8) is 0 Å². The van der Waals surface area contributed by atoms with E-state index in [0.717, 1.165) is 29.4 Å². The van der Waals surface area contributed by atoms with Gasteiger partial charge in [-0.25, -0.2) is 4.98 Å². The maximum atomic E-state index is 12.1. The first-order chi connectivity index (χ1) is 9.58. The molecule has 6 nitrogen and oxygen atoms in total. The molecular formula is C13H20N4O2S. The monoisotopic (exact) mass is 296 g/mol. The van der Waals surface area contributed by atoms with Crippen molar-refractivity contribution in [3.8, 4) is 0 Å². The first kappa shape index (κ1) is 14.9. The molecule has 0 saturated carbocycles. The van der Waals surface area contributed by atoms with Gasteiger partial charge in [-0.1, -0.05) is 0 Å². The van der Waals surface area contributed by atoms with Crippen molar-refractivity contribution in [1.82, 2.24) is 20.5 Å². The first-order valence-electron chi connectivity index (χ1n) is 6.80. The van der Waals surface area contributed by atoms with Crippen molar-refractivity contribution >= 4 is 23.2 Å². The zero-order valence-corrected chi connectivity index (χ0v) is 12.6. The Bertz CT molecular complexity index is 480. The molecule has 1 aromatic heterocycles. The summed E-state index contributed by atoms with van der Waals surface area (Å²) < 4.78 is 0. The van der Waals surface area contributed by atoms with E-state index in [1.807, 2.05) is 13.8 Å². The SMILES string of the molecule is Cc1cnc(C(C)NC(=O)C(=O)N2CCCNCC2)s1. The lowest BCUT2D eigenvalue weighted by Crippen LogP contribution is -2.45. The maximum absolute atomic E-state index is 12.1. The second kappa shape index (κ2) is 6.81. The van der Waals surface area contributed by atoms with E-state index in [9.17, 15) is 9.59 Å². The van der Waals surface area contributed by atoms with E-state index in [-0.39, 0.29) is 6.04 Å². The van der Waals surface area contributed by atoms with Gasteiger partial charge in [-0.3, -0.25) is 9.59 Å². The fraction of sp³-hybridized carbons (Fsp3) is 0.615. The van der Waals surface area contributed by atoms with Crippen molar-refractivity contribution in [2.24, 2.45) is 0 Å². The van der Waals surface area contributed by atoms with Crippen LogP contribution in [0.4, 0.5) is 0 Å². The lowest BCUT2D eigenvalue weighted by Gasteiger charge is -2.20. The van der Waals surface area contributed by atoms with Gasteiger partial charge in [0.05, 0.1) is 6.04 Å². The number of nitrogens with zero attached hydrogens (tertiary/aromatic N) is 2. The van der Waals surface area contributed by atoms with Crippen molar-refractivity contribution in [2.45, 2.75) is 26.3 Å². The predicted molar refractivity (Wildman–Crippen MR) is 77.5 cm³/mol. The molecular weight excluding hydrogens is 276 g/mol. The Kier molecular flexibility index (Phi) is 5.08. The Morgan fingerprint density at radius 2 is 2.25 bits per heavy atom. The van der Waals surface area contributed by atoms with Gasteiger partial charge in [0, 0.05) is 30.7 Å². The van der Waals surface area contributed by atoms with Crippen molar-refractivity contribution in [3.05, 3.63) is 16.1 Å². The van der Waals surface area contributed by atoms with Crippen molar-refractivity contribution in [1.29, 1.82) is 0 Å². The van der Waals surface area contributed by atoms with Crippen molar-refractivity contribution in [2.75, 3.05) is 26.2 Å². The summed E-state index contributed by atoms with van der Waals surface area (Å²) in [6, 6.07) is -0.241. The summed E-state index contributed by atoms with van der Waals surface area (Å²) in [5, 5.41) is 6.75. The minimum atomic E-state index is -0.549. The summed E-state index contributed by atoms with van der Waals surface area (Å²) in [6.07, 6.45) is 2.64. The van der Waals surface area contributed by atoms with Crippen LogP contribution >= 0.6 is 11.3 Å². The molecule has 2 N–H and O–H groups in total. The predicted octanol–water partition coefficient (Wildman–Crippen LogP) is 0.451. The number of hydrogen-bond donors (Lipinski definition) is 2. The minimum Gasteiger partial charge on any atom is -0.339 e. The van der Waals surface area contributed by atoms with E-state index < -0.39 is 11.8 Å². The van der Waals surface area contributed by atoms with E-state index in [2.05, 4.69) is 15.6 Å². The highest BCUT2D eigenvalue weighted by atomic mass is 32.1. The molecule has 1 aliphatic heterocycles. The fourth-order valence-corrected chi connectivity index (χ4v) is 2.86. The Balaban J connectivity index is 1.91. The van der Waals surface area contributed by atoms with E-state index >= 15 is 0 Å². The molecule has 0 aliphatic carbocycles. The molecule has 1 aliphatic rings. The molecule has 20 heavy (non-hydrogen) atoms. The van der Waals surface area contributed by atoms with Crippen LogP contribution in [0, 0.1) is 6.92 Å². The maximum Gasteiger partial charge on any atom is 0.311 e. The average Bonchev–Trinajstić information content (AvgIpc) is 2.70. The lowest BCUT2D eigenvalue weighted by molar-refractivity contribution is -0.146. The van der Waals surface area contributed by atoms with Crippen LogP contribution < -0.4 is 10.6 Å². The second-order valence-electron chi connectivity index (χ2n) is 4.90. The molecule has 1 saturated heterocycles. The molecule has 1 fully saturated rings. The van der Waals surface area contributed by atoms with Crippen LogP contribution in [0.25, 0.3) is 0 Å². The lowest BCUT2D eigenvalue weighted by atomic mass is 10.3. The number of rotatable bonds is 2. The Morgan fingerprint density at radius 1 is 1.45 bits per heavy atom.